The molecule has 10 heteroatoms. The average Bonchev–Trinajstić information content (AvgIpc) is 2.56. The first kappa shape index (κ1) is 20.5. The molecule has 1 N–H and O–H groups in total. The highest BCUT2D eigenvalue weighted by molar-refractivity contribution is 6.30. The van der Waals surface area contributed by atoms with Gasteiger partial charge < -0.3 is 10.1 Å². The molecule has 1 atom stereocenters. The zero-order valence-corrected chi connectivity index (χ0v) is 14.9. The summed E-state index contributed by atoms with van der Waals surface area (Å²) in [6, 6.07) is 5.54. The van der Waals surface area contributed by atoms with Crippen LogP contribution in [0, 0.1) is 17.0 Å². The third-order valence-electron chi connectivity index (χ3n) is 3.59. The summed E-state index contributed by atoms with van der Waals surface area (Å²) in [5.41, 5.74) is -1.59. The van der Waals surface area contributed by atoms with Gasteiger partial charge in [-0.25, -0.2) is 4.79 Å². The van der Waals surface area contributed by atoms with Crippen LogP contribution >= 0.6 is 11.6 Å². The van der Waals surface area contributed by atoms with Crippen molar-refractivity contribution < 1.29 is 27.6 Å². The molecular formula is C17H14ClF3N2O4. The number of aryl methyl sites for hydroxylation is 1. The summed E-state index contributed by atoms with van der Waals surface area (Å²) >= 11 is 5.82. The molecule has 0 aliphatic rings. The number of ether oxygens (including phenoxy) is 1. The van der Waals surface area contributed by atoms with Crippen molar-refractivity contribution in [2.45, 2.75) is 26.1 Å². The lowest BCUT2D eigenvalue weighted by molar-refractivity contribution is -0.384. The Morgan fingerprint density at radius 1 is 1.26 bits per heavy atom. The van der Waals surface area contributed by atoms with Crippen LogP contribution in [0.1, 0.15) is 18.1 Å². The third-order valence-corrected chi connectivity index (χ3v) is 3.83. The number of nitrogens with one attached hydrogen (secondary N) is 1. The molecule has 0 radical (unpaired) electrons. The number of carbonyl (C=O) groups excluding carboxylic acids is 1. The lowest BCUT2D eigenvalue weighted by Gasteiger charge is -2.16. The van der Waals surface area contributed by atoms with Gasteiger partial charge in [0.2, 0.25) is 0 Å². The van der Waals surface area contributed by atoms with Crippen molar-refractivity contribution in [3.05, 3.63) is 62.7 Å². The van der Waals surface area contributed by atoms with Crippen LogP contribution in [0.3, 0.4) is 0 Å². The van der Waals surface area contributed by atoms with Gasteiger partial charge in [-0.3, -0.25) is 10.1 Å². The topological polar surface area (TPSA) is 81.5 Å². The molecule has 0 unspecified atom stereocenters. The van der Waals surface area contributed by atoms with E-state index in [0.29, 0.717) is 22.7 Å². The van der Waals surface area contributed by atoms with Crippen molar-refractivity contribution >= 4 is 28.9 Å². The Kier molecular flexibility index (Phi) is 5.94. The fourth-order valence-electron chi connectivity index (χ4n) is 2.20. The van der Waals surface area contributed by atoms with Crippen molar-refractivity contribution in [2.24, 2.45) is 0 Å². The molecule has 0 bridgehead atoms. The van der Waals surface area contributed by atoms with Gasteiger partial charge in [0.25, 0.3) is 5.69 Å². The first-order valence-electron chi connectivity index (χ1n) is 7.59. The van der Waals surface area contributed by atoms with E-state index >= 15 is 0 Å². The van der Waals surface area contributed by atoms with Crippen LogP contribution in [0.5, 0.6) is 5.75 Å². The molecular weight excluding hydrogens is 389 g/mol. The van der Waals surface area contributed by atoms with E-state index in [0.717, 1.165) is 6.07 Å². The normalized spacial score (nSPS) is 12.4. The lowest BCUT2D eigenvalue weighted by Crippen LogP contribution is -2.30. The molecule has 0 aliphatic heterocycles. The van der Waals surface area contributed by atoms with Gasteiger partial charge in [0.15, 0.2) is 0 Å². The molecule has 144 valence electrons. The van der Waals surface area contributed by atoms with Gasteiger partial charge >= 0.3 is 12.1 Å². The second-order valence-corrected chi connectivity index (χ2v) is 6.12. The van der Waals surface area contributed by atoms with Gasteiger partial charge in [0, 0.05) is 11.1 Å². The van der Waals surface area contributed by atoms with Crippen LogP contribution in [-0.2, 0) is 11.0 Å². The number of nitro groups is 1. The second kappa shape index (κ2) is 7.83. The molecule has 2 aromatic carbocycles. The van der Waals surface area contributed by atoms with Crippen molar-refractivity contribution in [1.82, 2.24) is 0 Å². The van der Waals surface area contributed by atoms with E-state index in [1.807, 2.05) is 0 Å². The molecule has 0 heterocycles. The number of nitrogens with zero attached hydrogens (tertiary/aromatic N) is 1. The van der Waals surface area contributed by atoms with E-state index in [2.05, 4.69) is 5.32 Å². The Labute approximate surface area is 157 Å². The van der Waals surface area contributed by atoms with Gasteiger partial charge in [-0.1, -0.05) is 11.6 Å². The summed E-state index contributed by atoms with van der Waals surface area (Å²) in [5, 5.41) is 14.1. The van der Waals surface area contributed by atoms with Gasteiger partial charge in [-0.2, -0.15) is 13.2 Å². The molecule has 27 heavy (non-hydrogen) atoms. The highest BCUT2D eigenvalue weighted by Crippen LogP contribution is 2.35. The fraction of sp³-hybridized carbons (Fsp3) is 0.235. The van der Waals surface area contributed by atoms with Crippen molar-refractivity contribution in [3.63, 3.8) is 0 Å². The predicted molar refractivity (Wildman–Crippen MR) is 93.0 cm³/mol. The number of hydrogen-bond donors (Lipinski definition) is 1. The number of nitro benzene ring substituents is 1. The zero-order chi connectivity index (χ0) is 20.4. The molecule has 0 saturated heterocycles. The van der Waals surface area contributed by atoms with Crippen molar-refractivity contribution in [3.8, 4) is 5.75 Å². The Morgan fingerprint density at radius 2 is 1.93 bits per heavy atom. The van der Waals surface area contributed by atoms with E-state index < -0.39 is 34.4 Å². The standard InChI is InChI=1S/C17H14ClF3N2O4/c1-9-7-12(18)4-6-15(9)27-16(24)10(2)22-13-5-3-11(17(19,20)21)8-14(13)23(25)26/h3-8,10,22H,1-2H3/t10-/m0/s1. The van der Waals surface area contributed by atoms with Gasteiger partial charge in [-0.05, 0) is 49.7 Å². The molecule has 0 aliphatic carbocycles. The number of hydrogen-bond acceptors (Lipinski definition) is 5. The average molecular weight is 403 g/mol. The monoisotopic (exact) mass is 402 g/mol. The number of rotatable bonds is 5. The smallest absolute Gasteiger partial charge is 0.416 e. The van der Waals surface area contributed by atoms with Gasteiger partial charge in [-0.15, -0.1) is 0 Å². The zero-order valence-electron chi connectivity index (χ0n) is 14.1. The quantitative estimate of drug-likeness (QED) is 0.330. The highest BCUT2D eigenvalue weighted by atomic mass is 35.5. The largest absolute Gasteiger partial charge is 0.425 e. The van der Waals surface area contributed by atoms with Crippen LogP contribution in [0.25, 0.3) is 0 Å². The molecule has 0 fully saturated rings. The van der Waals surface area contributed by atoms with E-state index in [1.54, 1.807) is 13.0 Å². The van der Waals surface area contributed by atoms with Crippen LogP contribution in [0.4, 0.5) is 24.5 Å². The number of carbonyl (C=O) groups is 1. The van der Waals surface area contributed by atoms with E-state index in [4.69, 9.17) is 16.3 Å². The van der Waals surface area contributed by atoms with E-state index in [1.165, 1.54) is 19.1 Å². The van der Waals surface area contributed by atoms with Crippen molar-refractivity contribution in [2.75, 3.05) is 5.32 Å². The fourth-order valence-corrected chi connectivity index (χ4v) is 2.42. The second-order valence-electron chi connectivity index (χ2n) is 5.68. The Balaban J connectivity index is 2.20. The van der Waals surface area contributed by atoms with E-state index in [-0.39, 0.29) is 11.4 Å². The number of esters is 1. The van der Waals surface area contributed by atoms with Crippen LogP contribution in [0.15, 0.2) is 36.4 Å². The summed E-state index contributed by atoms with van der Waals surface area (Å²) in [5.74, 6) is -0.519. The van der Waals surface area contributed by atoms with Crippen LogP contribution in [0.2, 0.25) is 5.02 Å². The maximum Gasteiger partial charge on any atom is 0.416 e. The molecule has 0 aromatic heterocycles. The SMILES string of the molecule is Cc1cc(Cl)ccc1OC(=O)[C@H](C)Nc1ccc(C(F)(F)F)cc1[N+](=O)[O-]. The first-order valence-corrected chi connectivity index (χ1v) is 7.97. The van der Waals surface area contributed by atoms with Gasteiger partial charge in [0.05, 0.1) is 10.5 Å². The maximum atomic E-state index is 12.7. The summed E-state index contributed by atoms with van der Waals surface area (Å²) in [6.45, 7) is 3.04. The van der Waals surface area contributed by atoms with Crippen LogP contribution < -0.4 is 10.1 Å². The number of anilines is 1. The predicted octanol–water partition coefficient (Wildman–Crippen LogP) is 4.98. The summed E-state index contributed by atoms with van der Waals surface area (Å²) < 4.78 is 43.4. The molecule has 0 saturated carbocycles. The minimum absolute atomic E-state index is 0.231. The van der Waals surface area contributed by atoms with E-state index in [9.17, 15) is 28.1 Å². The van der Waals surface area contributed by atoms with Crippen molar-refractivity contribution in [1.29, 1.82) is 0 Å². The Morgan fingerprint density at radius 3 is 2.48 bits per heavy atom. The first-order chi connectivity index (χ1) is 12.5. The number of benzene rings is 2. The lowest BCUT2D eigenvalue weighted by atomic mass is 10.1. The highest BCUT2D eigenvalue weighted by Gasteiger charge is 2.33. The van der Waals surface area contributed by atoms with Gasteiger partial charge in [0.1, 0.15) is 17.5 Å². The Bertz CT molecular complexity index is 887. The molecule has 2 aromatic rings. The summed E-state index contributed by atoms with van der Waals surface area (Å²) in [7, 11) is 0. The molecule has 0 spiro atoms. The number of halogens is 4. The number of alkyl halides is 3. The van der Waals surface area contributed by atoms with Crippen LogP contribution in [-0.4, -0.2) is 16.9 Å². The summed E-state index contributed by atoms with van der Waals surface area (Å²) in [6.07, 6.45) is -4.72. The third kappa shape index (κ3) is 5.10. The maximum absolute atomic E-state index is 12.7. The summed E-state index contributed by atoms with van der Waals surface area (Å²) in [4.78, 5) is 22.3. The molecule has 2 rings (SSSR count). The molecule has 6 nitrogen and oxygen atoms in total. The minimum Gasteiger partial charge on any atom is -0.425 e. The Hall–Kier alpha value is -2.81. The minimum atomic E-state index is -4.72. The molecule has 0 amide bonds.